The standard InChI is InChI=1S/C10H23N3O/c1-5-6-13(4)7-9(10(11)14)12-8(2)3/h8-9,12H,5-7H2,1-4H3,(H2,11,14). The molecule has 0 fully saturated rings. The third kappa shape index (κ3) is 5.94. The van der Waals surface area contributed by atoms with Crippen LogP contribution in [0.4, 0.5) is 0 Å². The number of nitrogens with one attached hydrogen (secondary N) is 1. The molecule has 1 unspecified atom stereocenters. The lowest BCUT2D eigenvalue weighted by atomic mass is 10.2. The minimum absolute atomic E-state index is 0.244. The molecule has 0 saturated carbocycles. The molecule has 0 aromatic carbocycles. The molecule has 0 bridgehead atoms. The van der Waals surface area contributed by atoms with Crippen LogP contribution in [0.2, 0.25) is 0 Å². The Morgan fingerprint density at radius 3 is 2.43 bits per heavy atom. The fraction of sp³-hybridized carbons (Fsp3) is 0.900. The van der Waals surface area contributed by atoms with Gasteiger partial charge in [-0.2, -0.15) is 0 Å². The second kappa shape index (κ2) is 6.79. The Bertz CT molecular complexity index is 171. The van der Waals surface area contributed by atoms with Crippen LogP contribution in [0.15, 0.2) is 0 Å². The first-order valence-electron chi connectivity index (χ1n) is 5.21. The minimum Gasteiger partial charge on any atom is -0.368 e. The molecule has 3 N–H and O–H groups in total. The molecule has 0 aliphatic heterocycles. The lowest BCUT2D eigenvalue weighted by Crippen LogP contribution is -2.50. The minimum atomic E-state index is -0.276. The van der Waals surface area contributed by atoms with Gasteiger partial charge >= 0.3 is 0 Å². The van der Waals surface area contributed by atoms with Crippen molar-refractivity contribution in [2.45, 2.75) is 39.3 Å². The van der Waals surface area contributed by atoms with Gasteiger partial charge in [-0.05, 0) is 20.0 Å². The van der Waals surface area contributed by atoms with Gasteiger partial charge in [-0.3, -0.25) is 4.79 Å². The molecule has 84 valence electrons. The number of hydrogen-bond acceptors (Lipinski definition) is 3. The van der Waals surface area contributed by atoms with Crippen molar-refractivity contribution in [1.82, 2.24) is 10.2 Å². The van der Waals surface area contributed by atoms with Gasteiger partial charge in [-0.15, -0.1) is 0 Å². The van der Waals surface area contributed by atoms with Crippen molar-refractivity contribution in [3.05, 3.63) is 0 Å². The summed E-state index contributed by atoms with van der Waals surface area (Å²) in [5.41, 5.74) is 5.30. The average Bonchev–Trinajstić information content (AvgIpc) is 2.02. The van der Waals surface area contributed by atoms with E-state index in [1.54, 1.807) is 0 Å². The third-order valence-electron chi connectivity index (χ3n) is 1.98. The van der Waals surface area contributed by atoms with E-state index in [4.69, 9.17) is 5.73 Å². The first-order valence-corrected chi connectivity index (χ1v) is 5.21. The van der Waals surface area contributed by atoms with Gasteiger partial charge in [0.25, 0.3) is 0 Å². The largest absolute Gasteiger partial charge is 0.368 e. The van der Waals surface area contributed by atoms with E-state index in [0.29, 0.717) is 6.54 Å². The summed E-state index contributed by atoms with van der Waals surface area (Å²) in [7, 11) is 2.00. The molecule has 0 aromatic rings. The van der Waals surface area contributed by atoms with Crippen LogP contribution in [0.25, 0.3) is 0 Å². The molecule has 4 heteroatoms. The Balaban J connectivity index is 4.02. The first kappa shape index (κ1) is 13.4. The average molecular weight is 201 g/mol. The van der Waals surface area contributed by atoms with E-state index in [0.717, 1.165) is 13.0 Å². The molecule has 0 saturated heterocycles. The number of likely N-dealkylation sites (N-methyl/N-ethyl adjacent to an activating group) is 1. The van der Waals surface area contributed by atoms with Crippen molar-refractivity contribution in [3.63, 3.8) is 0 Å². The van der Waals surface area contributed by atoms with Crippen molar-refractivity contribution in [2.75, 3.05) is 20.1 Å². The number of carbonyl (C=O) groups excluding carboxylic acids is 1. The highest BCUT2D eigenvalue weighted by atomic mass is 16.1. The van der Waals surface area contributed by atoms with Crippen LogP contribution in [0, 0.1) is 0 Å². The number of nitrogens with zero attached hydrogens (tertiary/aromatic N) is 1. The first-order chi connectivity index (χ1) is 6.47. The number of hydrogen-bond donors (Lipinski definition) is 2. The fourth-order valence-electron chi connectivity index (χ4n) is 1.41. The van der Waals surface area contributed by atoms with Gasteiger partial charge < -0.3 is 16.0 Å². The smallest absolute Gasteiger partial charge is 0.235 e. The highest BCUT2D eigenvalue weighted by Gasteiger charge is 2.17. The number of amides is 1. The van der Waals surface area contributed by atoms with Gasteiger partial charge in [0.1, 0.15) is 0 Å². The maximum absolute atomic E-state index is 11.1. The molecule has 0 rings (SSSR count). The quantitative estimate of drug-likeness (QED) is 0.618. The molecule has 1 atom stereocenters. The van der Waals surface area contributed by atoms with Crippen LogP contribution in [0.3, 0.4) is 0 Å². The van der Waals surface area contributed by atoms with Crippen LogP contribution in [-0.2, 0) is 4.79 Å². The molecule has 4 nitrogen and oxygen atoms in total. The summed E-state index contributed by atoms with van der Waals surface area (Å²) in [6.45, 7) is 7.81. The number of rotatable bonds is 7. The van der Waals surface area contributed by atoms with Crippen molar-refractivity contribution < 1.29 is 4.79 Å². The SMILES string of the molecule is CCCN(C)CC(NC(C)C)C(N)=O. The number of primary amides is 1. The highest BCUT2D eigenvalue weighted by Crippen LogP contribution is 1.93. The maximum Gasteiger partial charge on any atom is 0.235 e. The van der Waals surface area contributed by atoms with Crippen molar-refractivity contribution in [1.29, 1.82) is 0 Å². The predicted octanol–water partition coefficient (Wildman–Crippen LogP) is 0.180. The van der Waals surface area contributed by atoms with E-state index in [1.807, 2.05) is 20.9 Å². The summed E-state index contributed by atoms with van der Waals surface area (Å²) in [5, 5.41) is 3.15. The lowest BCUT2D eigenvalue weighted by molar-refractivity contribution is -0.120. The van der Waals surface area contributed by atoms with E-state index in [2.05, 4.69) is 17.1 Å². The van der Waals surface area contributed by atoms with Crippen LogP contribution in [0.1, 0.15) is 27.2 Å². The van der Waals surface area contributed by atoms with Gasteiger partial charge in [0.2, 0.25) is 5.91 Å². The van der Waals surface area contributed by atoms with Crippen LogP contribution < -0.4 is 11.1 Å². The Hall–Kier alpha value is -0.610. The third-order valence-corrected chi connectivity index (χ3v) is 1.98. The van der Waals surface area contributed by atoms with E-state index in [1.165, 1.54) is 0 Å². The van der Waals surface area contributed by atoms with Crippen LogP contribution in [-0.4, -0.2) is 43.0 Å². The van der Waals surface area contributed by atoms with Gasteiger partial charge in [0, 0.05) is 12.6 Å². The molecule has 0 aliphatic carbocycles. The summed E-state index contributed by atoms with van der Waals surface area (Å²) < 4.78 is 0. The van der Waals surface area contributed by atoms with Gasteiger partial charge in [-0.1, -0.05) is 20.8 Å². The lowest BCUT2D eigenvalue weighted by Gasteiger charge is -2.24. The predicted molar refractivity (Wildman–Crippen MR) is 59.0 cm³/mol. The molecule has 14 heavy (non-hydrogen) atoms. The monoisotopic (exact) mass is 201 g/mol. The topological polar surface area (TPSA) is 58.4 Å². The van der Waals surface area contributed by atoms with Gasteiger partial charge in [0.05, 0.1) is 6.04 Å². The zero-order chi connectivity index (χ0) is 11.1. The van der Waals surface area contributed by atoms with Crippen molar-refractivity contribution in [3.8, 4) is 0 Å². The molecular weight excluding hydrogens is 178 g/mol. The molecule has 1 amide bonds. The summed E-state index contributed by atoms with van der Waals surface area (Å²) in [4.78, 5) is 13.2. The maximum atomic E-state index is 11.1. The van der Waals surface area contributed by atoms with E-state index in [9.17, 15) is 4.79 Å². The second-order valence-electron chi connectivity index (χ2n) is 4.04. The summed E-state index contributed by atoms with van der Waals surface area (Å²) in [5.74, 6) is -0.276. The highest BCUT2D eigenvalue weighted by molar-refractivity contribution is 5.80. The molecule has 0 heterocycles. The molecule has 0 aliphatic rings. The van der Waals surface area contributed by atoms with Crippen molar-refractivity contribution >= 4 is 5.91 Å². The number of carbonyl (C=O) groups is 1. The Morgan fingerprint density at radius 1 is 1.50 bits per heavy atom. The van der Waals surface area contributed by atoms with Gasteiger partial charge in [-0.25, -0.2) is 0 Å². The molecule has 0 aromatic heterocycles. The molecule has 0 radical (unpaired) electrons. The Labute approximate surface area is 86.8 Å². The Morgan fingerprint density at radius 2 is 2.07 bits per heavy atom. The molecular formula is C10H23N3O. The zero-order valence-electron chi connectivity index (χ0n) is 9.71. The van der Waals surface area contributed by atoms with Crippen LogP contribution >= 0.6 is 0 Å². The zero-order valence-corrected chi connectivity index (χ0v) is 9.71. The van der Waals surface area contributed by atoms with Crippen molar-refractivity contribution in [2.24, 2.45) is 5.73 Å². The van der Waals surface area contributed by atoms with E-state index >= 15 is 0 Å². The molecule has 0 spiro atoms. The summed E-state index contributed by atoms with van der Waals surface area (Å²) in [6.07, 6.45) is 1.09. The fourth-order valence-corrected chi connectivity index (χ4v) is 1.41. The number of nitrogens with two attached hydrogens (primary N) is 1. The second-order valence-corrected chi connectivity index (χ2v) is 4.04. The summed E-state index contributed by atoms with van der Waals surface area (Å²) >= 11 is 0. The van der Waals surface area contributed by atoms with E-state index < -0.39 is 0 Å². The summed E-state index contributed by atoms with van der Waals surface area (Å²) in [6, 6.07) is 0.0362. The van der Waals surface area contributed by atoms with E-state index in [-0.39, 0.29) is 18.0 Å². The van der Waals surface area contributed by atoms with Crippen LogP contribution in [0.5, 0.6) is 0 Å². The Kier molecular flexibility index (Phi) is 6.49. The van der Waals surface area contributed by atoms with Gasteiger partial charge in [0.15, 0.2) is 0 Å². The normalized spacial score (nSPS) is 13.6.